The quantitative estimate of drug-likeness (QED) is 0.471. The summed E-state index contributed by atoms with van der Waals surface area (Å²) in [6, 6.07) is 24.3. The fraction of sp³-hybridized carbons (Fsp3) is 0.310. The number of nitrogens with zero attached hydrogens (tertiary/aromatic N) is 2. The molecule has 3 aromatic rings. The molecule has 0 aromatic heterocycles. The van der Waals surface area contributed by atoms with Crippen molar-refractivity contribution in [1.82, 2.24) is 9.80 Å². The summed E-state index contributed by atoms with van der Waals surface area (Å²) in [6.07, 6.45) is 3.29. The monoisotopic (exact) mass is 490 g/mol. The Bertz CT molecular complexity index is 1130. The van der Waals surface area contributed by atoms with Crippen LogP contribution in [0.15, 0.2) is 78.9 Å². The summed E-state index contributed by atoms with van der Waals surface area (Å²) in [5, 5.41) is 0.598. The molecule has 4 rings (SSSR count). The molecular formula is C29H31ClN2O3. The van der Waals surface area contributed by atoms with Crippen LogP contribution < -0.4 is 4.74 Å². The molecule has 1 heterocycles. The molecule has 35 heavy (non-hydrogen) atoms. The molecule has 2 amide bonds. The van der Waals surface area contributed by atoms with Gasteiger partial charge in [-0.2, -0.15) is 0 Å². The van der Waals surface area contributed by atoms with Crippen LogP contribution in [-0.2, 0) is 6.42 Å². The Morgan fingerprint density at radius 3 is 2.37 bits per heavy atom. The smallest absolute Gasteiger partial charge is 0.257 e. The van der Waals surface area contributed by atoms with Gasteiger partial charge in [0.15, 0.2) is 0 Å². The number of ether oxygens (including phenoxy) is 1. The van der Waals surface area contributed by atoms with Crippen LogP contribution in [-0.4, -0.2) is 54.4 Å². The maximum atomic E-state index is 13.7. The van der Waals surface area contributed by atoms with Crippen molar-refractivity contribution in [3.05, 3.63) is 101 Å². The van der Waals surface area contributed by atoms with Crippen LogP contribution in [0, 0.1) is 0 Å². The Hall–Kier alpha value is -3.31. The maximum Gasteiger partial charge on any atom is 0.257 e. The van der Waals surface area contributed by atoms with Gasteiger partial charge in [0.2, 0.25) is 0 Å². The molecule has 0 saturated heterocycles. The van der Waals surface area contributed by atoms with Crippen LogP contribution in [0.3, 0.4) is 0 Å². The lowest BCUT2D eigenvalue weighted by Crippen LogP contribution is -2.45. The Morgan fingerprint density at radius 2 is 1.60 bits per heavy atom. The zero-order valence-corrected chi connectivity index (χ0v) is 20.8. The molecule has 1 aliphatic rings. The van der Waals surface area contributed by atoms with Gasteiger partial charge in [0, 0.05) is 30.7 Å². The second-order valence-corrected chi connectivity index (χ2v) is 9.38. The summed E-state index contributed by atoms with van der Waals surface area (Å²) in [5.41, 5.74) is 2.28. The maximum absolute atomic E-state index is 13.7. The van der Waals surface area contributed by atoms with Crippen molar-refractivity contribution >= 4 is 23.4 Å². The van der Waals surface area contributed by atoms with E-state index >= 15 is 0 Å². The van der Waals surface area contributed by atoms with Gasteiger partial charge in [0.05, 0.1) is 11.6 Å². The van der Waals surface area contributed by atoms with Gasteiger partial charge in [-0.1, -0.05) is 54.1 Å². The molecule has 0 N–H and O–H groups in total. The Labute approximate surface area is 212 Å². The Morgan fingerprint density at radius 1 is 0.914 bits per heavy atom. The van der Waals surface area contributed by atoms with E-state index in [-0.39, 0.29) is 24.5 Å². The molecular weight excluding hydrogens is 460 g/mol. The number of rotatable bonds is 3. The predicted molar refractivity (Wildman–Crippen MR) is 139 cm³/mol. The van der Waals surface area contributed by atoms with Gasteiger partial charge in [-0.3, -0.25) is 9.59 Å². The second kappa shape index (κ2) is 11.9. The second-order valence-electron chi connectivity index (χ2n) is 8.94. The number of halogens is 1. The van der Waals surface area contributed by atoms with Gasteiger partial charge in [-0.05, 0) is 67.6 Å². The number of carbonyl (C=O) groups is 2. The first-order valence-electron chi connectivity index (χ1n) is 12.1. The summed E-state index contributed by atoms with van der Waals surface area (Å²) < 4.78 is 6.28. The van der Waals surface area contributed by atoms with E-state index in [9.17, 15) is 9.59 Å². The van der Waals surface area contributed by atoms with Crippen molar-refractivity contribution in [3.63, 3.8) is 0 Å². The SMILES string of the molecule is CN1CCCCCN(C(=O)c2ccc(Cl)cc2)[C@H](Cc2ccccc2)COc2ccccc2C1=O. The third kappa shape index (κ3) is 6.43. The van der Waals surface area contributed by atoms with Crippen molar-refractivity contribution in [2.24, 2.45) is 0 Å². The van der Waals surface area contributed by atoms with Gasteiger partial charge < -0.3 is 14.5 Å². The van der Waals surface area contributed by atoms with Gasteiger partial charge >= 0.3 is 0 Å². The number of carbonyl (C=O) groups excluding carboxylic acids is 2. The van der Waals surface area contributed by atoms with E-state index in [0.29, 0.717) is 41.4 Å². The number of amides is 2. The summed E-state index contributed by atoms with van der Waals surface area (Å²) in [6.45, 7) is 1.55. The molecule has 0 aliphatic carbocycles. The minimum absolute atomic E-state index is 0.0393. The fourth-order valence-corrected chi connectivity index (χ4v) is 4.55. The van der Waals surface area contributed by atoms with Gasteiger partial charge in [0.25, 0.3) is 11.8 Å². The van der Waals surface area contributed by atoms with E-state index in [1.165, 1.54) is 0 Å². The minimum atomic E-state index is -0.206. The number of benzene rings is 3. The van der Waals surface area contributed by atoms with Crippen molar-refractivity contribution in [2.45, 2.75) is 31.7 Å². The van der Waals surface area contributed by atoms with Crippen LogP contribution in [0.5, 0.6) is 5.75 Å². The molecule has 1 atom stereocenters. The molecule has 0 unspecified atom stereocenters. The van der Waals surface area contributed by atoms with E-state index < -0.39 is 0 Å². The van der Waals surface area contributed by atoms with Crippen LogP contribution in [0.1, 0.15) is 45.5 Å². The number of fused-ring (bicyclic) bond motifs is 1. The van der Waals surface area contributed by atoms with Crippen LogP contribution in [0.2, 0.25) is 5.02 Å². The number of hydrogen-bond donors (Lipinski definition) is 0. The predicted octanol–water partition coefficient (Wildman–Crippen LogP) is 5.73. The number of para-hydroxylation sites is 1. The lowest BCUT2D eigenvalue weighted by molar-refractivity contribution is 0.0605. The largest absolute Gasteiger partial charge is 0.491 e. The molecule has 6 heteroatoms. The highest BCUT2D eigenvalue weighted by Crippen LogP contribution is 2.23. The first-order chi connectivity index (χ1) is 17.0. The molecule has 0 fully saturated rings. The molecule has 0 bridgehead atoms. The Kier molecular flexibility index (Phi) is 8.43. The number of hydrogen-bond acceptors (Lipinski definition) is 3. The van der Waals surface area contributed by atoms with Crippen molar-refractivity contribution in [2.75, 3.05) is 26.7 Å². The lowest BCUT2D eigenvalue weighted by Gasteiger charge is -2.32. The molecule has 0 spiro atoms. The highest BCUT2D eigenvalue weighted by atomic mass is 35.5. The summed E-state index contributed by atoms with van der Waals surface area (Å²) >= 11 is 6.07. The first-order valence-corrected chi connectivity index (χ1v) is 12.5. The minimum Gasteiger partial charge on any atom is -0.491 e. The molecule has 0 saturated carbocycles. The highest BCUT2D eigenvalue weighted by molar-refractivity contribution is 6.30. The zero-order valence-electron chi connectivity index (χ0n) is 20.0. The summed E-state index contributed by atoms with van der Waals surface area (Å²) in [4.78, 5) is 30.5. The van der Waals surface area contributed by atoms with E-state index in [1.807, 2.05) is 48.3 Å². The molecule has 3 aromatic carbocycles. The Balaban J connectivity index is 1.68. The van der Waals surface area contributed by atoms with E-state index in [4.69, 9.17) is 16.3 Å². The normalized spacial score (nSPS) is 17.4. The topological polar surface area (TPSA) is 49.9 Å². The molecule has 182 valence electrons. The van der Waals surface area contributed by atoms with Gasteiger partial charge in [-0.25, -0.2) is 0 Å². The lowest BCUT2D eigenvalue weighted by atomic mass is 10.0. The molecule has 0 radical (unpaired) electrons. The third-order valence-corrected chi connectivity index (χ3v) is 6.65. The van der Waals surface area contributed by atoms with Gasteiger partial charge in [-0.15, -0.1) is 0 Å². The van der Waals surface area contributed by atoms with E-state index in [1.54, 1.807) is 35.2 Å². The average molecular weight is 491 g/mol. The van der Waals surface area contributed by atoms with Crippen LogP contribution in [0.4, 0.5) is 0 Å². The third-order valence-electron chi connectivity index (χ3n) is 6.39. The van der Waals surface area contributed by atoms with E-state index in [2.05, 4.69) is 12.1 Å². The van der Waals surface area contributed by atoms with Crippen LogP contribution in [0.25, 0.3) is 0 Å². The average Bonchev–Trinajstić information content (AvgIpc) is 2.89. The van der Waals surface area contributed by atoms with Crippen LogP contribution >= 0.6 is 11.6 Å². The van der Waals surface area contributed by atoms with E-state index in [0.717, 1.165) is 24.8 Å². The van der Waals surface area contributed by atoms with Gasteiger partial charge in [0.1, 0.15) is 12.4 Å². The summed E-state index contributed by atoms with van der Waals surface area (Å²) in [7, 11) is 1.83. The van der Waals surface area contributed by atoms with Crippen molar-refractivity contribution in [1.29, 1.82) is 0 Å². The highest BCUT2D eigenvalue weighted by Gasteiger charge is 2.27. The molecule has 5 nitrogen and oxygen atoms in total. The fourth-order valence-electron chi connectivity index (χ4n) is 4.42. The summed E-state index contributed by atoms with van der Waals surface area (Å²) in [5.74, 6) is 0.455. The standard InChI is InChI=1S/C29H31ClN2O3/c1-31-18-8-3-9-19-32(28(33)23-14-16-24(30)17-15-23)25(20-22-10-4-2-5-11-22)21-35-27-13-7-6-12-26(27)29(31)34/h2,4-7,10-17,25H,3,8-9,18-21H2,1H3/t25-/m1/s1. The first kappa shape index (κ1) is 24.8. The van der Waals surface area contributed by atoms with Crippen molar-refractivity contribution in [3.8, 4) is 5.75 Å². The molecule has 1 aliphatic heterocycles. The van der Waals surface area contributed by atoms with Crippen molar-refractivity contribution < 1.29 is 14.3 Å². The zero-order chi connectivity index (χ0) is 24.6.